The molecule has 3 aromatic carbocycles. The molecule has 0 aromatic heterocycles. The largest absolute Gasteiger partial charge is 0.456 e. The van der Waals surface area contributed by atoms with Crippen molar-refractivity contribution in [3.8, 4) is 5.75 Å². The first-order valence-corrected chi connectivity index (χ1v) is 9.08. The van der Waals surface area contributed by atoms with Crippen molar-refractivity contribution in [2.75, 3.05) is 5.32 Å². The van der Waals surface area contributed by atoms with Gasteiger partial charge in [0.2, 0.25) is 0 Å². The highest BCUT2D eigenvalue weighted by atomic mass is 35.5. The van der Waals surface area contributed by atoms with Gasteiger partial charge in [0.15, 0.2) is 5.75 Å². The highest BCUT2D eigenvalue weighted by Crippen LogP contribution is 2.32. The Labute approximate surface area is 184 Å². The minimum atomic E-state index is 0. The van der Waals surface area contributed by atoms with Crippen molar-refractivity contribution in [3.63, 3.8) is 0 Å². The number of benzene rings is 3. The molecule has 0 unspecified atom stereocenters. The summed E-state index contributed by atoms with van der Waals surface area (Å²) in [5, 5.41) is 6.89. The van der Waals surface area contributed by atoms with Gasteiger partial charge in [-0.05, 0) is 35.7 Å². The average Bonchev–Trinajstić information content (AvgIpc) is 2.71. The fourth-order valence-corrected chi connectivity index (χ4v) is 3.27. The number of allylic oxidation sites excluding steroid dienone is 1. The third-order valence-electron chi connectivity index (χ3n) is 4.73. The number of ether oxygens (including phenoxy) is 1. The Kier molecular flexibility index (Phi) is 7.97. The summed E-state index contributed by atoms with van der Waals surface area (Å²) in [4.78, 5) is 0. The van der Waals surface area contributed by atoms with Crippen LogP contribution in [-0.2, 0) is 6.54 Å². The zero-order valence-corrected chi connectivity index (χ0v) is 17.7. The van der Waals surface area contributed by atoms with Crippen molar-refractivity contribution in [3.05, 3.63) is 107 Å². The van der Waals surface area contributed by atoms with Gasteiger partial charge < -0.3 is 21.1 Å². The van der Waals surface area contributed by atoms with Gasteiger partial charge in [-0.3, -0.25) is 0 Å². The van der Waals surface area contributed by atoms with Crippen LogP contribution in [0.4, 0.5) is 5.69 Å². The summed E-state index contributed by atoms with van der Waals surface area (Å²) >= 11 is 0. The first-order valence-electron chi connectivity index (χ1n) is 9.08. The summed E-state index contributed by atoms with van der Waals surface area (Å²) in [6.45, 7) is 2.58. The molecule has 1 aliphatic heterocycles. The van der Waals surface area contributed by atoms with E-state index >= 15 is 0 Å². The summed E-state index contributed by atoms with van der Waals surface area (Å²) in [5.74, 6) is 2.05. The van der Waals surface area contributed by atoms with E-state index in [9.17, 15) is 0 Å². The number of halogens is 2. The van der Waals surface area contributed by atoms with E-state index in [-0.39, 0.29) is 30.9 Å². The maximum Gasteiger partial charge on any atom is 0.150 e. The molecule has 152 valence electrons. The maximum atomic E-state index is 5.95. The molecule has 0 aliphatic carbocycles. The van der Waals surface area contributed by atoms with Crippen LogP contribution >= 0.6 is 24.8 Å². The number of anilines is 1. The Morgan fingerprint density at radius 2 is 1.48 bits per heavy atom. The molecular formula is C23H25Cl2N3O. The van der Waals surface area contributed by atoms with Gasteiger partial charge >= 0.3 is 0 Å². The lowest BCUT2D eigenvalue weighted by molar-refractivity contribution is 0.415. The van der Waals surface area contributed by atoms with Gasteiger partial charge in [-0.2, -0.15) is 0 Å². The van der Waals surface area contributed by atoms with Crippen LogP contribution < -0.4 is 21.1 Å². The second-order valence-electron chi connectivity index (χ2n) is 6.66. The maximum absolute atomic E-state index is 5.95. The number of nitrogens with one attached hydrogen (secondary N) is 2. The van der Waals surface area contributed by atoms with Crippen molar-refractivity contribution in [1.29, 1.82) is 0 Å². The van der Waals surface area contributed by atoms with Gasteiger partial charge in [-0.25, -0.2) is 0 Å². The van der Waals surface area contributed by atoms with Crippen LogP contribution in [0.5, 0.6) is 5.75 Å². The quantitative estimate of drug-likeness (QED) is 0.510. The van der Waals surface area contributed by atoms with Crippen LogP contribution in [0.2, 0.25) is 0 Å². The lowest BCUT2D eigenvalue weighted by atomic mass is 9.98. The number of nitrogens with two attached hydrogens (primary N) is 1. The van der Waals surface area contributed by atoms with E-state index in [1.807, 2.05) is 25.1 Å². The number of rotatable bonds is 5. The first-order chi connectivity index (χ1) is 13.2. The van der Waals surface area contributed by atoms with E-state index in [0.29, 0.717) is 11.6 Å². The third-order valence-corrected chi connectivity index (χ3v) is 4.73. The van der Waals surface area contributed by atoms with Gasteiger partial charge in [-0.1, -0.05) is 66.7 Å². The Hall–Kier alpha value is -2.66. The number of hydrogen-bond donors (Lipinski definition) is 3. The predicted octanol–water partition coefficient (Wildman–Crippen LogP) is 5.36. The lowest BCUT2D eigenvalue weighted by Crippen LogP contribution is -2.22. The number of hydrogen-bond acceptors (Lipinski definition) is 4. The molecular weight excluding hydrogens is 405 g/mol. The van der Waals surface area contributed by atoms with Crippen LogP contribution in [0.1, 0.15) is 29.7 Å². The zero-order chi connectivity index (χ0) is 18.6. The van der Waals surface area contributed by atoms with Crippen LogP contribution in [0.3, 0.4) is 0 Å². The molecule has 6 heteroatoms. The second-order valence-corrected chi connectivity index (χ2v) is 6.66. The summed E-state index contributed by atoms with van der Waals surface area (Å²) in [6.07, 6.45) is 0. The molecule has 0 saturated carbocycles. The Balaban J connectivity index is 0.00000150. The van der Waals surface area contributed by atoms with Gasteiger partial charge in [0, 0.05) is 6.54 Å². The highest BCUT2D eigenvalue weighted by Gasteiger charge is 2.16. The third kappa shape index (κ3) is 5.24. The van der Waals surface area contributed by atoms with Crippen LogP contribution in [0.15, 0.2) is 90.4 Å². The Morgan fingerprint density at radius 3 is 2.07 bits per heavy atom. The normalized spacial score (nSPS) is 12.2. The van der Waals surface area contributed by atoms with E-state index in [2.05, 4.69) is 71.3 Å². The monoisotopic (exact) mass is 429 g/mol. The Morgan fingerprint density at radius 1 is 0.897 bits per heavy atom. The fraction of sp³-hybridized carbons (Fsp3) is 0.130. The average molecular weight is 430 g/mol. The molecule has 0 atom stereocenters. The summed E-state index contributed by atoms with van der Waals surface area (Å²) < 4.78 is 5.73. The molecule has 1 aliphatic rings. The van der Waals surface area contributed by atoms with Crippen molar-refractivity contribution < 1.29 is 4.74 Å². The Bertz CT molecular complexity index is 923. The van der Waals surface area contributed by atoms with E-state index in [0.717, 1.165) is 23.5 Å². The van der Waals surface area contributed by atoms with Gasteiger partial charge in [0.05, 0.1) is 11.7 Å². The second kappa shape index (κ2) is 10.2. The minimum Gasteiger partial charge on any atom is -0.456 e. The van der Waals surface area contributed by atoms with Crippen molar-refractivity contribution in [2.45, 2.75) is 19.5 Å². The van der Waals surface area contributed by atoms with E-state index in [1.54, 1.807) is 0 Å². The van der Waals surface area contributed by atoms with Gasteiger partial charge in [0.25, 0.3) is 0 Å². The molecule has 0 spiro atoms. The standard InChI is InChI=1S/C23H23N3O.2ClH/c1-16-23(24)26-20-14-17(12-13-21(20)27-16)15-25-22(18-8-4-2-5-9-18)19-10-6-3-7-11-19;;/h2-14,22,25-26H,15,24H2,1H3;2*1H. The molecule has 0 radical (unpaired) electrons. The van der Waals surface area contributed by atoms with Crippen LogP contribution in [0.25, 0.3) is 0 Å². The summed E-state index contributed by atoms with van der Waals surface area (Å²) in [7, 11) is 0. The smallest absolute Gasteiger partial charge is 0.150 e. The van der Waals surface area contributed by atoms with E-state index in [4.69, 9.17) is 10.5 Å². The zero-order valence-electron chi connectivity index (χ0n) is 16.1. The van der Waals surface area contributed by atoms with E-state index < -0.39 is 0 Å². The van der Waals surface area contributed by atoms with Gasteiger partial charge in [-0.15, -0.1) is 24.8 Å². The molecule has 4 rings (SSSR count). The minimum absolute atomic E-state index is 0. The molecule has 0 bridgehead atoms. The van der Waals surface area contributed by atoms with Crippen LogP contribution in [-0.4, -0.2) is 0 Å². The lowest BCUT2D eigenvalue weighted by Gasteiger charge is -2.23. The molecule has 0 fully saturated rings. The molecule has 4 N–H and O–H groups in total. The van der Waals surface area contributed by atoms with Crippen LogP contribution in [0, 0.1) is 0 Å². The number of fused-ring (bicyclic) bond motifs is 1. The molecule has 4 nitrogen and oxygen atoms in total. The van der Waals surface area contributed by atoms with Gasteiger partial charge in [0.1, 0.15) is 11.6 Å². The molecule has 0 saturated heterocycles. The van der Waals surface area contributed by atoms with Crippen molar-refractivity contribution in [1.82, 2.24) is 5.32 Å². The molecule has 29 heavy (non-hydrogen) atoms. The van der Waals surface area contributed by atoms with E-state index in [1.165, 1.54) is 11.1 Å². The summed E-state index contributed by atoms with van der Waals surface area (Å²) in [5.41, 5.74) is 10.5. The molecule has 0 amide bonds. The van der Waals surface area contributed by atoms with Crippen molar-refractivity contribution in [2.24, 2.45) is 5.73 Å². The summed E-state index contributed by atoms with van der Waals surface area (Å²) in [6, 6.07) is 27.3. The highest BCUT2D eigenvalue weighted by molar-refractivity contribution is 5.85. The fourth-order valence-electron chi connectivity index (χ4n) is 3.27. The molecule has 1 heterocycles. The molecule has 3 aromatic rings. The SMILES string of the molecule is CC1=C(N)Nc2cc(CNC(c3ccccc3)c3ccccc3)ccc2O1.Cl.Cl. The predicted molar refractivity (Wildman–Crippen MR) is 124 cm³/mol. The first kappa shape index (κ1) is 22.6. The topological polar surface area (TPSA) is 59.3 Å². The van der Waals surface area contributed by atoms with Crippen molar-refractivity contribution >= 4 is 30.5 Å².